The molecule has 0 radical (unpaired) electrons. The Morgan fingerprint density at radius 2 is 1.88 bits per heavy atom. The highest BCUT2D eigenvalue weighted by molar-refractivity contribution is 7.89. The molecule has 1 amide bonds. The third kappa shape index (κ3) is 6.19. The summed E-state index contributed by atoms with van der Waals surface area (Å²) in [5, 5.41) is 0. The van der Waals surface area contributed by atoms with Gasteiger partial charge in [0.15, 0.2) is 0 Å². The molecule has 26 heavy (non-hydrogen) atoms. The lowest BCUT2D eigenvalue weighted by Gasteiger charge is -2.27. The summed E-state index contributed by atoms with van der Waals surface area (Å²) in [7, 11) is -4.08. The molecule has 0 fully saturated rings. The first kappa shape index (κ1) is 21.7. The molecule has 1 unspecified atom stereocenters. The van der Waals surface area contributed by atoms with Crippen LogP contribution in [-0.2, 0) is 19.6 Å². The lowest BCUT2D eigenvalue weighted by atomic mass is 10.1. The normalized spacial score (nSPS) is 12.7. The largest absolute Gasteiger partial charge is 0.443 e. The summed E-state index contributed by atoms with van der Waals surface area (Å²) in [6.45, 7) is 6.67. The molecule has 1 aromatic carbocycles. The molecule has 0 aliphatic carbocycles. The number of carbonyl (C=O) groups is 2. The Hall–Kier alpha value is -2.33. The summed E-state index contributed by atoms with van der Waals surface area (Å²) in [6.07, 6.45) is 5.43. The molecule has 0 saturated carbocycles. The van der Waals surface area contributed by atoms with Crippen LogP contribution in [0.4, 0.5) is 4.79 Å². The molecule has 0 heterocycles. The Balaban J connectivity index is 3.10. The Kier molecular flexibility index (Phi) is 7.40. The summed E-state index contributed by atoms with van der Waals surface area (Å²) >= 11 is 0. The SMILES string of the molecule is C#CC(C=O)CCCN(C(=O)OC(C)(C)C)S(=O)(=O)c1ccc(C)cc1. The molecule has 6 nitrogen and oxygen atoms in total. The van der Waals surface area contributed by atoms with E-state index in [0.717, 1.165) is 5.56 Å². The van der Waals surface area contributed by atoms with Crippen LogP contribution in [-0.4, -0.2) is 37.2 Å². The minimum atomic E-state index is -4.08. The van der Waals surface area contributed by atoms with Gasteiger partial charge in [-0.05, 0) is 52.7 Å². The van der Waals surface area contributed by atoms with E-state index in [4.69, 9.17) is 11.2 Å². The fourth-order valence-electron chi connectivity index (χ4n) is 2.11. The van der Waals surface area contributed by atoms with Gasteiger partial charge in [-0.1, -0.05) is 23.6 Å². The van der Waals surface area contributed by atoms with Gasteiger partial charge in [0.25, 0.3) is 10.0 Å². The van der Waals surface area contributed by atoms with Crippen molar-refractivity contribution in [3.05, 3.63) is 29.8 Å². The number of terminal acetylenes is 1. The number of ether oxygens (including phenoxy) is 1. The summed E-state index contributed by atoms with van der Waals surface area (Å²) in [6, 6.07) is 6.19. The van der Waals surface area contributed by atoms with Crippen molar-refractivity contribution in [2.24, 2.45) is 5.92 Å². The quantitative estimate of drug-likeness (QED) is 0.537. The number of benzene rings is 1. The highest BCUT2D eigenvalue weighted by Gasteiger charge is 2.32. The van der Waals surface area contributed by atoms with E-state index < -0.39 is 27.6 Å². The average Bonchev–Trinajstić information content (AvgIpc) is 2.53. The number of hydrogen-bond donors (Lipinski definition) is 0. The molecule has 0 aliphatic rings. The zero-order chi connectivity index (χ0) is 20.0. The first-order valence-electron chi connectivity index (χ1n) is 8.25. The molecular formula is C19H25NO5S. The van der Waals surface area contributed by atoms with E-state index in [1.807, 2.05) is 6.92 Å². The van der Waals surface area contributed by atoms with Crippen LogP contribution in [0.15, 0.2) is 29.2 Å². The van der Waals surface area contributed by atoms with Crippen LogP contribution in [0.25, 0.3) is 0 Å². The molecule has 7 heteroatoms. The van der Waals surface area contributed by atoms with Gasteiger partial charge in [-0.2, -0.15) is 0 Å². The third-order valence-electron chi connectivity index (χ3n) is 3.46. The van der Waals surface area contributed by atoms with Crippen molar-refractivity contribution in [1.82, 2.24) is 4.31 Å². The topological polar surface area (TPSA) is 80.8 Å². The molecule has 0 aromatic heterocycles. The van der Waals surface area contributed by atoms with Crippen molar-refractivity contribution in [1.29, 1.82) is 0 Å². The maximum absolute atomic E-state index is 12.9. The van der Waals surface area contributed by atoms with Crippen LogP contribution in [0.1, 0.15) is 39.2 Å². The zero-order valence-corrected chi connectivity index (χ0v) is 16.4. The monoisotopic (exact) mass is 379 g/mol. The molecule has 0 bridgehead atoms. The molecule has 0 saturated heterocycles. The summed E-state index contributed by atoms with van der Waals surface area (Å²) < 4.78 is 31.7. The van der Waals surface area contributed by atoms with E-state index in [0.29, 0.717) is 10.6 Å². The van der Waals surface area contributed by atoms with Crippen molar-refractivity contribution >= 4 is 22.4 Å². The third-order valence-corrected chi connectivity index (χ3v) is 5.24. The van der Waals surface area contributed by atoms with Crippen molar-refractivity contribution in [2.45, 2.75) is 51.0 Å². The maximum atomic E-state index is 12.9. The number of nitrogens with zero attached hydrogens (tertiary/aromatic N) is 1. The van der Waals surface area contributed by atoms with E-state index in [1.54, 1.807) is 32.9 Å². The molecule has 142 valence electrons. The smallest absolute Gasteiger partial charge is 0.424 e. The second-order valence-electron chi connectivity index (χ2n) is 6.92. The predicted octanol–water partition coefficient (Wildman–Crippen LogP) is 3.15. The molecule has 0 N–H and O–H groups in total. The second-order valence-corrected chi connectivity index (χ2v) is 8.78. The van der Waals surface area contributed by atoms with E-state index in [1.165, 1.54) is 12.1 Å². The van der Waals surface area contributed by atoms with E-state index in [2.05, 4.69) is 5.92 Å². The molecule has 1 atom stereocenters. The van der Waals surface area contributed by atoms with Crippen molar-refractivity contribution < 1.29 is 22.7 Å². The molecule has 0 spiro atoms. The molecule has 0 aliphatic heterocycles. The van der Waals surface area contributed by atoms with Crippen molar-refractivity contribution in [3.63, 3.8) is 0 Å². The number of sulfonamides is 1. The number of amides is 1. The van der Waals surface area contributed by atoms with Gasteiger partial charge in [-0.25, -0.2) is 17.5 Å². The Morgan fingerprint density at radius 1 is 1.31 bits per heavy atom. The number of aryl methyl sites for hydroxylation is 1. The van der Waals surface area contributed by atoms with Gasteiger partial charge in [0.1, 0.15) is 11.9 Å². The second kappa shape index (κ2) is 8.86. The van der Waals surface area contributed by atoms with Crippen LogP contribution < -0.4 is 0 Å². The van der Waals surface area contributed by atoms with Gasteiger partial charge in [0.2, 0.25) is 0 Å². The number of carbonyl (C=O) groups excluding carboxylic acids is 2. The number of aldehydes is 1. The summed E-state index contributed by atoms with van der Waals surface area (Å²) in [5.41, 5.74) is 0.0538. The zero-order valence-electron chi connectivity index (χ0n) is 15.6. The fraction of sp³-hybridized carbons (Fsp3) is 0.474. The van der Waals surface area contributed by atoms with Crippen LogP contribution in [0.2, 0.25) is 0 Å². The lowest BCUT2D eigenvalue weighted by molar-refractivity contribution is -0.109. The van der Waals surface area contributed by atoms with E-state index in [9.17, 15) is 18.0 Å². The molecular weight excluding hydrogens is 354 g/mol. The average molecular weight is 379 g/mol. The van der Waals surface area contributed by atoms with Crippen LogP contribution in [0, 0.1) is 25.2 Å². The van der Waals surface area contributed by atoms with Crippen LogP contribution >= 0.6 is 0 Å². The summed E-state index contributed by atoms with van der Waals surface area (Å²) in [5.74, 6) is 1.70. The Bertz CT molecular complexity index is 770. The van der Waals surface area contributed by atoms with Crippen molar-refractivity contribution in [3.8, 4) is 12.3 Å². The summed E-state index contributed by atoms with van der Waals surface area (Å²) in [4.78, 5) is 23.3. The Labute approximate surface area is 155 Å². The predicted molar refractivity (Wildman–Crippen MR) is 98.9 cm³/mol. The van der Waals surface area contributed by atoms with Gasteiger partial charge < -0.3 is 9.53 Å². The van der Waals surface area contributed by atoms with E-state index >= 15 is 0 Å². The van der Waals surface area contributed by atoms with E-state index in [-0.39, 0.29) is 24.3 Å². The minimum Gasteiger partial charge on any atom is -0.443 e. The standard InChI is InChI=1S/C19H25NO5S/c1-6-16(14-21)8-7-13-20(18(22)25-19(3,4)5)26(23,24)17-11-9-15(2)10-12-17/h1,9-12,14,16H,7-8,13H2,2-5H3. The number of rotatable bonds is 7. The van der Waals surface area contributed by atoms with Gasteiger partial charge in [-0.3, -0.25) is 0 Å². The molecule has 1 rings (SSSR count). The Morgan fingerprint density at radius 3 is 2.35 bits per heavy atom. The van der Waals surface area contributed by atoms with Gasteiger partial charge >= 0.3 is 6.09 Å². The maximum Gasteiger partial charge on any atom is 0.424 e. The van der Waals surface area contributed by atoms with Gasteiger partial charge in [0.05, 0.1) is 10.8 Å². The lowest BCUT2D eigenvalue weighted by Crippen LogP contribution is -2.41. The first-order chi connectivity index (χ1) is 12.0. The number of hydrogen-bond acceptors (Lipinski definition) is 5. The van der Waals surface area contributed by atoms with Gasteiger partial charge in [-0.15, -0.1) is 6.42 Å². The first-order valence-corrected chi connectivity index (χ1v) is 9.69. The van der Waals surface area contributed by atoms with Crippen LogP contribution in [0.5, 0.6) is 0 Å². The van der Waals surface area contributed by atoms with Gasteiger partial charge in [0, 0.05) is 6.54 Å². The highest BCUT2D eigenvalue weighted by Crippen LogP contribution is 2.21. The fourth-order valence-corrected chi connectivity index (χ4v) is 3.44. The molecule has 1 aromatic rings. The highest BCUT2D eigenvalue weighted by atomic mass is 32.2. The van der Waals surface area contributed by atoms with Crippen molar-refractivity contribution in [2.75, 3.05) is 6.54 Å². The van der Waals surface area contributed by atoms with Crippen LogP contribution in [0.3, 0.4) is 0 Å². The minimum absolute atomic E-state index is 0.00199.